The number of hydrogen-bond acceptors (Lipinski definition) is 13. The topological polar surface area (TPSA) is 246 Å². The van der Waals surface area contributed by atoms with E-state index in [0.29, 0.717) is 5.57 Å². The molecule has 4 rings (SSSR count). The third-order valence-electron chi connectivity index (χ3n) is 8.51. The first-order valence-electron chi connectivity index (χ1n) is 15.4. The van der Waals surface area contributed by atoms with E-state index < -0.39 is 67.4 Å². The number of carboxylic acid groups (broad SMARTS) is 1. The molecular formula is C31H44N4O12. The van der Waals surface area contributed by atoms with Crippen molar-refractivity contribution in [3.8, 4) is 0 Å². The van der Waals surface area contributed by atoms with Crippen molar-refractivity contribution >= 4 is 17.9 Å². The van der Waals surface area contributed by atoms with Crippen molar-refractivity contribution in [1.82, 2.24) is 10.2 Å². The molecule has 8 atom stereocenters. The first kappa shape index (κ1) is 36.1. The standard InChI is InChI=1S/C31H44N4O12/c1-3-18-19(9-8-16-12-35(10-11-36)13-20(27(41)42)23(16)34-31(32)33-2)21(28(43)45-17-6-4-5-7-17)15-44-29(18)47-30-26(40)25(39)24(38)22(14-37)46-30/h3,8-9,12,15,17-19,22,24-26,29-30,36-40H,1,4-7,10-11,13-14H2,2H3,(H,41,42)(H3,32,33,34)/b9-8+/t18-,19+,22-,24-,25+,26-,29+,30+/m1/s1. The minimum Gasteiger partial charge on any atom is -0.478 e. The minimum atomic E-state index is -1.71. The van der Waals surface area contributed by atoms with Gasteiger partial charge in [-0.05, 0) is 25.7 Å². The van der Waals surface area contributed by atoms with E-state index >= 15 is 0 Å². The highest BCUT2D eigenvalue weighted by Gasteiger charge is 2.47. The highest BCUT2D eigenvalue weighted by atomic mass is 16.8. The molecule has 4 aliphatic rings. The number of β-amino-alcohol motifs (C(OH)–C–C–N with tert-alkyl or cyclic N) is 1. The Bertz CT molecular complexity index is 1300. The third kappa shape index (κ3) is 8.39. The van der Waals surface area contributed by atoms with E-state index in [1.54, 1.807) is 23.3 Å². The summed E-state index contributed by atoms with van der Waals surface area (Å²) >= 11 is 0. The highest BCUT2D eigenvalue weighted by Crippen LogP contribution is 2.37. The number of aliphatic hydroxyl groups excluding tert-OH is 5. The highest BCUT2D eigenvalue weighted by molar-refractivity contribution is 5.92. The number of aliphatic hydroxyl groups is 5. The summed E-state index contributed by atoms with van der Waals surface area (Å²) in [6, 6.07) is 0. The Labute approximate surface area is 271 Å². The third-order valence-corrected chi connectivity index (χ3v) is 8.51. The number of carbonyl (C=O) groups is 2. The van der Waals surface area contributed by atoms with E-state index in [4.69, 9.17) is 24.7 Å². The lowest BCUT2D eigenvalue weighted by Gasteiger charge is -2.42. The lowest BCUT2D eigenvalue weighted by molar-refractivity contribution is -0.338. The average Bonchev–Trinajstić information content (AvgIpc) is 3.57. The fraction of sp³-hybridized carbons (Fsp3) is 0.581. The van der Waals surface area contributed by atoms with Crippen molar-refractivity contribution in [2.24, 2.45) is 22.6 Å². The first-order chi connectivity index (χ1) is 22.5. The van der Waals surface area contributed by atoms with Crippen molar-refractivity contribution in [1.29, 1.82) is 0 Å². The summed E-state index contributed by atoms with van der Waals surface area (Å²) in [5, 5.41) is 63.0. The Morgan fingerprint density at radius 2 is 1.89 bits per heavy atom. The van der Waals surface area contributed by atoms with E-state index in [1.165, 1.54) is 19.4 Å². The number of carboxylic acids is 1. The van der Waals surface area contributed by atoms with Gasteiger partial charge in [-0.25, -0.2) is 9.59 Å². The molecule has 1 saturated heterocycles. The van der Waals surface area contributed by atoms with Gasteiger partial charge in [-0.2, -0.15) is 0 Å². The normalized spacial score (nSPS) is 32.1. The zero-order chi connectivity index (χ0) is 34.2. The average molecular weight is 665 g/mol. The van der Waals surface area contributed by atoms with Gasteiger partial charge in [-0.1, -0.05) is 18.2 Å². The van der Waals surface area contributed by atoms with Gasteiger partial charge in [0.05, 0.1) is 48.8 Å². The van der Waals surface area contributed by atoms with Gasteiger partial charge >= 0.3 is 11.9 Å². The maximum absolute atomic E-state index is 13.5. The van der Waals surface area contributed by atoms with Gasteiger partial charge in [0, 0.05) is 31.3 Å². The number of nitrogens with one attached hydrogen (secondary N) is 1. The number of carbonyl (C=O) groups excluding carboxylic acids is 1. The Hall–Kier alpha value is -3.77. The van der Waals surface area contributed by atoms with Crippen LogP contribution in [0.2, 0.25) is 0 Å². The van der Waals surface area contributed by atoms with Crippen LogP contribution >= 0.6 is 0 Å². The summed E-state index contributed by atoms with van der Waals surface area (Å²) in [7, 11) is 1.43. The number of hydrogen-bond donors (Lipinski definition) is 8. The minimum absolute atomic E-state index is 0.0347. The molecule has 47 heavy (non-hydrogen) atoms. The number of allylic oxidation sites excluding steroid dienone is 2. The lowest BCUT2D eigenvalue weighted by atomic mass is 9.83. The van der Waals surface area contributed by atoms with Gasteiger partial charge in [0.1, 0.15) is 30.5 Å². The molecule has 0 unspecified atom stereocenters. The van der Waals surface area contributed by atoms with E-state index in [1.807, 2.05) is 0 Å². The van der Waals surface area contributed by atoms with Crippen molar-refractivity contribution in [3.05, 3.63) is 59.7 Å². The molecule has 0 aromatic rings. The molecule has 260 valence electrons. The van der Waals surface area contributed by atoms with Crippen LogP contribution < -0.4 is 11.1 Å². The Morgan fingerprint density at radius 3 is 2.51 bits per heavy atom. The molecule has 2 fully saturated rings. The molecule has 1 aliphatic carbocycles. The molecule has 0 radical (unpaired) electrons. The molecule has 16 nitrogen and oxygen atoms in total. The predicted molar refractivity (Wildman–Crippen MR) is 165 cm³/mol. The summed E-state index contributed by atoms with van der Waals surface area (Å²) in [6.45, 7) is 3.09. The van der Waals surface area contributed by atoms with E-state index in [9.17, 15) is 40.2 Å². The summed E-state index contributed by atoms with van der Waals surface area (Å²) < 4.78 is 23.0. The zero-order valence-electron chi connectivity index (χ0n) is 26.1. The number of nitrogens with zero attached hydrogens (tertiary/aromatic N) is 2. The molecule has 9 N–H and O–H groups in total. The summed E-state index contributed by atoms with van der Waals surface area (Å²) in [4.78, 5) is 31.3. The molecule has 0 bridgehead atoms. The summed E-state index contributed by atoms with van der Waals surface area (Å²) in [5.41, 5.74) is 6.48. The number of guanidine groups is 1. The van der Waals surface area contributed by atoms with Crippen molar-refractivity contribution < 1.29 is 59.2 Å². The summed E-state index contributed by atoms with van der Waals surface area (Å²) in [5.74, 6) is -3.58. The number of esters is 1. The lowest BCUT2D eigenvalue weighted by Crippen LogP contribution is -2.60. The SMILES string of the molecule is C=C[C@H]1[C@H](O[C@@H]2O[C@H](CO)[C@@H](O)[C@H](O)[C@H]2O)OC=C(C(=O)OC2CCCC2)[C@H]1/C=C/C1=CN(CCO)CC(C(=O)O)=C1NC(N)=NC. The number of ether oxygens (including phenoxy) is 4. The van der Waals surface area contributed by atoms with Gasteiger partial charge < -0.3 is 65.5 Å². The smallest absolute Gasteiger partial charge is 0.338 e. The van der Waals surface area contributed by atoms with Crippen LogP contribution in [-0.2, 0) is 28.5 Å². The Morgan fingerprint density at radius 1 is 1.17 bits per heavy atom. The molecule has 16 heteroatoms. The number of nitrogens with two attached hydrogens (primary N) is 1. The van der Waals surface area contributed by atoms with Crippen LogP contribution in [0, 0.1) is 11.8 Å². The maximum atomic E-state index is 13.5. The molecule has 3 aliphatic heterocycles. The zero-order valence-corrected chi connectivity index (χ0v) is 26.1. The van der Waals surface area contributed by atoms with Crippen molar-refractivity contribution in [2.75, 3.05) is 33.4 Å². The first-order valence-corrected chi connectivity index (χ1v) is 15.4. The second-order valence-electron chi connectivity index (χ2n) is 11.6. The molecule has 0 amide bonds. The number of aliphatic imine (C=N–C) groups is 1. The van der Waals surface area contributed by atoms with Gasteiger partial charge in [0.2, 0.25) is 6.29 Å². The van der Waals surface area contributed by atoms with Gasteiger partial charge in [0.25, 0.3) is 0 Å². The van der Waals surface area contributed by atoms with Crippen LogP contribution in [0.15, 0.2) is 64.7 Å². The molecule has 1 saturated carbocycles. The molecule has 0 aromatic heterocycles. The van der Waals surface area contributed by atoms with Crippen molar-refractivity contribution in [3.63, 3.8) is 0 Å². The maximum Gasteiger partial charge on any atom is 0.338 e. The Kier molecular flexibility index (Phi) is 12.6. The Balaban J connectivity index is 1.71. The van der Waals surface area contributed by atoms with Crippen LogP contribution in [0.1, 0.15) is 25.7 Å². The van der Waals surface area contributed by atoms with Crippen LogP contribution in [0.25, 0.3) is 0 Å². The summed E-state index contributed by atoms with van der Waals surface area (Å²) in [6.07, 6.45) is 1.49. The van der Waals surface area contributed by atoms with Crippen molar-refractivity contribution in [2.45, 2.75) is 68.8 Å². The fourth-order valence-corrected chi connectivity index (χ4v) is 5.90. The van der Waals surface area contributed by atoms with Gasteiger partial charge in [-0.15, -0.1) is 6.58 Å². The molecular weight excluding hydrogens is 620 g/mol. The molecule has 3 heterocycles. The fourth-order valence-electron chi connectivity index (χ4n) is 5.90. The monoisotopic (exact) mass is 664 g/mol. The van der Waals surface area contributed by atoms with E-state index in [-0.39, 0.29) is 48.6 Å². The van der Waals surface area contributed by atoms with Crippen LogP contribution in [0.3, 0.4) is 0 Å². The van der Waals surface area contributed by atoms with Crippen LogP contribution in [-0.4, -0.2) is 130 Å². The second kappa shape index (κ2) is 16.4. The largest absolute Gasteiger partial charge is 0.478 e. The van der Waals surface area contributed by atoms with Crippen LogP contribution in [0.4, 0.5) is 0 Å². The van der Waals surface area contributed by atoms with E-state index in [2.05, 4.69) is 16.9 Å². The van der Waals surface area contributed by atoms with Gasteiger partial charge in [-0.3, -0.25) is 4.99 Å². The number of aliphatic carboxylic acids is 1. The molecule has 0 aromatic carbocycles. The van der Waals surface area contributed by atoms with E-state index in [0.717, 1.165) is 25.7 Å². The van der Waals surface area contributed by atoms with Gasteiger partial charge in [0.15, 0.2) is 12.2 Å². The quantitative estimate of drug-likeness (QED) is 0.0516. The van der Waals surface area contributed by atoms with Crippen LogP contribution in [0.5, 0.6) is 0 Å². The number of rotatable bonds is 12. The second-order valence-corrected chi connectivity index (χ2v) is 11.6. The predicted octanol–water partition coefficient (Wildman–Crippen LogP) is -1.43. The molecule has 0 spiro atoms.